The first-order valence-electron chi connectivity index (χ1n) is 6.17. The van der Waals surface area contributed by atoms with Crippen molar-refractivity contribution in [1.82, 2.24) is 9.88 Å². The van der Waals surface area contributed by atoms with Gasteiger partial charge in [-0.05, 0) is 31.0 Å². The van der Waals surface area contributed by atoms with Crippen molar-refractivity contribution in [2.24, 2.45) is 0 Å². The Bertz CT molecular complexity index is 422. The average molecular weight is 250 g/mol. The van der Waals surface area contributed by atoms with Gasteiger partial charge < -0.3 is 14.7 Å². The van der Waals surface area contributed by atoms with Crippen molar-refractivity contribution in [2.75, 3.05) is 19.7 Å². The number of aliphatic hydroxyl groups is 1. The van der Waals surface area contributed by atoms with Gasteiger partial charge in [0.25, 0.3) is 5.91 Å². The van der Waals surface area contributed by atoms with Crippen LogP contribution >= 0.6 is 0 Å². The van der Waals surface area contributed by atoms with E-state index in [4.69, 9.17) is 9.84 Å². The Balaban J connectivity index is 2.13. The summed E-state index contributed by atoms with van der Waals surface area (Å²) < 4.78 is 5.51. The molecular weight excluding hydrogens is 232 g/mol. The number of hydrogen-bond acceptors (Lipinski definition) is 4. The number of ether oxygens (including phenoxy) is 1. The summed E-state index contributed by atoms with van der Waals surface area (Å²) in [6.07, 6.45) is 2.45. The molecule has 1 aliphatic heterocycles. The van der Waals surface area contributed by atoms with Crippen LogP contribution in [-0.4, -0.2) is 46.7 Å². The molecule has 2 heterocycles. The Morgan fingerprint density at radius 1 is 1.67 bits per heavy atom. The van der Waals surface area contributed by atoms with Gasteiger partial charge in [0.05, 0.1) is 12.7 Å². The molecule has 1 fully saturated rings. The number of pyridine rings is 1. The number of rotatable bonds is 2. The highest BCUT2D eigenvalue weighted by molar-refractivity contribution is 5.92. The molecule has 1 saturated heterocycles. The minimum atomic E-state index is -0.0948. The second-order valence-corrected chi connectivity index (χ2v) is 4.49. The molecule has 1 amide bonds. The topological polar surface area (TPSA) is 62.7 Å². The number of aromatic nitrogens is 1. The van der Waals surface area contributed by atoms with Crippen LogP contribution in [0.2, 0.25) is 0 Å². The fourth-order valence-electron chi connectivity index (χ4n) is 2.03. The van der Waals surface area contributed by atoms with Crippen molar-refractivity contribution >= 4 is 5.91 Å². The van der Waals surface area contributed by atoms with Gasteiger partial charge in [0, 0.05) is 25.9 Å². The van der Waals surface area contributed by atoms with E-state index in [-0.39, 0.29) is 18.6 Å². The highest BCUT2D eigenvalue weighted by atomic mass is 16.5. The van der Waals surface area contributed by atoms with E-state index in [1.807, 2.05) is 6.92 Å². The Kier molecular flexibility index (Phi) is 4.28. The summed E-state index contributed by atoms with van der Waals surface area (Å²) >= 11 is 0. The van der Waals surface area contributed by atoms with Gasteiger partial charge in [-0.15, -0.1) is 0 Å². The first-order chi connectivity index (χ1) is 8.70. The maximum Gasteiger partial charge on any atom is 0.272 e. The van der Waals surface area contributed by atoms with Gasteiger partial charge in [0.15, 0.2) is 0 Å². The van der Waals surface area contributed by atoms with E-state index in [0.717, 1.165) is 6.42 Å². The van der Waals surface area contributed by atoms with Crippen LogP contribution < -0.4 is 0 Å². The summed E-state index contributed by atoms with van der Waals surface area (Å²) in [4.78, 5) is 18.1. The summed E-state index contributed by atoms with van der Waals surface area (Å²) in [5, 5.41) is 9.07. The van der Waals surface area contributed by atoms with Crippen molar-refractivity contribution in [2.45, 2.75) is 26.1 Å². The standard InChI is InChI=1S/C13H18N2O3/c1-10-8-15(5-2-6-18-10)13(17)12-7-11(9-16)3-4-14-12/h3-4,7,10,16H,2,5-6,8-9H2,1H3. The lowest BCUT2D eigenvalue weighted by Crippen LogP contribution is -2.36. The van der Waals surface area contributed by atoms with Gasteiger partial charge in [-0.2, -0.15) is 0 Å². The molecule has 1 unspecified atom stereocenters. The number of carbonyl (C=O) groups excluding carboxylic acids is 1. The average Bonchev–Trinajstić information content (AvgIpc) is 2.62. The quantitative estimate of drug-likeness (QED) is 0.844. The maximum absolute atomic E-state index is 12.3. The Hall–Kier alpha value is -1.46. The Morgan fingerprint density at radius 3 is 3.28 bits per heavy atom. The van der Waals surface area contributed by atoms with Crippen molar-refractivity contribution < 1.29 is 14.6 Å². The lowest BCUT2D eigenvalue weighted by molar-refractivity contribution is 0.0559. The molecule has 18 heavy (non-hydrogen) atoms. The molecule has 0 radical (unpaired) electrons. The second-order valence-electron chi connectivity index (χ2n) is 4.49. The van der Waals surface area contributed by atoms with Gasteiger partial charge in [-0.1, -0.05) is 0 Å². The molecule has 98 valence electrons. The Labute approximate surface area is 106 Å². The molecule has 1 N–H and O–H groups in total. The molecule has 0 aliphatic carbocycles. The monoisotopic (exact) mass is 250 g/mol. The summed E-state index contributed by atoms with van der Waals surface area (Å²) in [5.41, 5.74) is 1.09. The van der Waals surface area contributed by atoms with Crippen LogP contribution in [0.1, 0.15) is 29.4 Å². The van der Waals surface area contributed by atoms with Gasteiger partial charge in [-0.25, -0.2) is 0 Å². The zero-order valence-electron chi connectivity index (χ0n) is 10.5. The largest absolute Gasteiger partial charge is 0.392 e. The highest BCUT2D eigenvalue weighted by Gasteiger charge is 2.21. The number of amides is 1. The molecule has 5 nitrogen and oxygen atoms in total. The van der Waals surface area contributed by atoms with E-state index < -0.39 is 0 Å². The first-order valence-corrected chi connectivity index (χ1v) is 6.17. The van der Waals surface area contributed by atoms with Crippen LogP contribution in [-0.2, 0) is 11.3 Å². The molecule has 1 atom stereocenters. The van der Waals surface area contributed by atoms with E-state index in [9.17, 15) is 4.79 Å². The molecule has 2 rings (SSSR count). The van der Waals surface area contributed by atoms with E-state index in [1.165, 1.54) is 0 Å². The number of hydrogen-bond donors (Lipinski definition) is 1. The summed E-state index contributed by atoms with van der Waals surface area (Å²) in [6, 6.07) is 3.34. The zero-order chi connectivity index (χ0) is 13.0. The van der Waals surface area contributed by atoms with Gasteiger partial charge in [-0.3, -0.25) is 9.78 Å². The number of nitrogens with zero attached hydrogens (tertiary/aromatic N) is 2. The third kappa shape index (κ3) is 3.05. The normalized spacial score (nSPS) is 20.6. The summed E-state index contributed by atoms with van der Waals surface area (Å²) in [6.45, 7) is 3.85. The van der Waals surface area contributed by atoms with Crippen LogP contribution in [0.5, 0.6) is 0 Å². The highest BCUT2D eigenvalue weighted by Crippen LogP contribution is 2.10. The summed E-state index contributed by atoms with van der Waals surface area (Å²) in [5.74, 6) is -0.0948. The van der Waals surface area contributed by atoms with Crippen LogP contribution in [0.25, 0.3) is 0 Å². The summed E-state index contributed by atoms with van der Waals surface area (Å²) in [7, 11) is 0. The van der Waals surface area contributed by atoms with Crippen molar-refractivity contribution in [1.29, 1.82) is 0 Å². The lowest BCUT2D eigenvalue weighted by atomic mass is 10.2. The van der Waals surface area contributed by atoms with Gasteiger partial charge in [0.2, 0.25) is 0 Å². The van der Waals surface area contributed by atoms with E-state index in [0.29, 0.717) is 31.0 Å². The number of aliphatic hydroxyl groups excluding tert-OH is 1. The molecule has 0 spiro atoms. The molecule has 5 heteroatoms. The fraction of sp³-hybridized carbons (Fsp3) is 0.538. The molecule has 1 aromatic heterocycles. The van der Waals surface area contributed by atoms with E-state index in [2.05, 4.69) is 4.98 Å². The van der Waals surface area contributed by atoms with Gasteiger partial charge in [0.1, 0.15) is 5.69 Å². The predicted octanol–water partition coefficient (Wildman–Crippen LogP) is 0.825. The third-order valence-electron chi connectivity index (χ3n) is 2.97. The molecule has 1 aliphatic rings. The zero-order valence-corrected chi connectivity index (χ0v) is 10.5. The van der Waals surface area contributed by atoms with E-state index >= 15 is 0 Å². The first kappa shape index (κ1) is 13.0. The van der Waals surface area contributed by atoms with Crippen LogP contribution in [0.4, 0.5) is 0 Å². The molecule has 1 aromatic rings. The third-order valence-corrected chi connectivity index (χ3v) is 2.97. The van der Waals surface area contributed by atoms with Crippen molar-refractivity contribution in [3.8, 4) is 0 Å². The fourth-order valence-corrected chi connectivity index (χ4v) is 2.03. The second kappa shape index (κ2) is 5.93. The van der Waals surface area contributed by atoms with Crippen molar-refractivity contribution in [3.05, 3.63) is 29.6 Å². The number of carbonyl (C=O) groups is 1. The molecular formula is C13H18N2O3. The van der Waals surface area contributed by atoms with Gasteiger partial charge >= 0.3 is 0 Å². The van der Waals surface area contributed by atoms with E-state index in [1.54, 1.807) is 23.2 Å². The molecule has 0 aromatic carbocycles. The smallest absolute Gasteiger partial charge is 0.272 e. The SMILES string of the molecule is CC1CN(C(=O)c2cc(CO)ccn2)CCCO1. The predicted molar refractivity (Wildman–Crippen MR) is 66.1 cm³/mol. The van der Waals surface area contributed by atoms with Crippen molar-refractivity contribution in [3.63, 3.8) is 0 Å². The minimum absolute atomic E-state index is 0.0532. The minimum Gasteiger partial charge on any atom is -0.392 e. The lowest BCUT2D eigenvalue weighted by Gasteiger charge is -2.21. The maximum atomic E-state index is 12.3. The molecule has 0 saturated carbocycles. The van der Waals surface area contributed by atoms with Crippen LogP contribution in [0.15, 0.2) is 18.3 Å². The Morgan fingerprint density at radius 2 is 2.50 bits per heavy atom. The van der Waals surface area contributed by atoms with Crippen LogP contribution in [0.3, 0.4) is 0 Å². The van der Waals surface area contributed by atoms with Crippen LogP contribution in [0, 0.1) is 0 Å². The molecule has 0 bridgehead atoms.